The van der Waals surface area contributed by atoms with Gasteiger partial charge in [0.1, 0.15) is 0 Å². The largest absolute Gasteiger partial charge is 0.310 e. The van der Waals surface area contributed by atoms with Crippen molar-refractivity contribution in [2.45, 2.75) is 0 Å². The first-order valence-corrected chi connectivity index (χ1v) is 34.3. The summed E-state index contributed by atoms with van der Waals surface area (Å²) in [5, 5.41) is 7.35. The van der Waals surface area contributed by atoms with Crippen LogP contribution in [0, 0.1) is 0 Å². The van der Waals surface area contributed by atoms with Crippen LogP contribution in [0.25, 0.3) is 133 Å². The van der Waals surface area contributed by atoms with Crippen molar-refractivity contribution in [3.05, 3.63) is 370 Å². The standard InChI is InChI=1S/C94H61BN4/c1-5-26-65(27-6-1)74-39-23-40-75(66-28-7-2-8-29-66)93(74)98-88-60-72(96-84-43-19-15-35-78(84)79-36-16-20-44-85(79)96)53-55-82(88)95-83-56-54-73(97-86-45-21-17-37-80(86)81-38-18-22-46-87(81)97)61-89(83)99(94-76(67-30-9-3-10-31-67)41-24-42-77(94)68-32-11-4-12-33-68)91-59-71(58-90(98)92(91)95)64-49-47-63(48-50-64)70-52-51-62-25-13-14-34-69(62)57-70/h1-61H. The molecule has 0 fully saturated rings. The summed E-state index contributed by atoms with van der Waals surface area (Å²) in [5.74, 6) is 0. The summed E-state index contributed by atoms with van der Waals surface area (Å²) in [6.45, 7) is -0.246. The summed E-state index contributed by atoms with van der Waals surface area (Å²) in [6.07, 6.45) is 0. The number of rotatable bonds is 10. The van der Waals surface area contributed by atoms with E-state index in [9.17, 15) is 0 Å². The van der Waals surface area contributed by atoms with E-state index in [1.807, 2.05) is 0 Å². The van der Waals surface area contributed by atoms with Gasteiger partial charge in [0, 0.05) is 77.9 Å². The van der Waals surface area contributed by atoms with Gasteiger partial charge in [-0.2, -0.15) is 0 Å². The van der Waals surface area contributed by atoms with E-state index in [-0.39, 0.29) is 6.71 Å². The summed E-state index contributed by atoms with van der Waals surface area (Å²) < 4.78 is 4.97. The second-order valence-electron chi connectivity index (χ2n) is 26.3. The Labute approximate surface area is 575 Å². The van der Waals surface area contributed by atoms with E-state index in [4.69, 9.17) is 0 Å². The maximum Gasteiger partial charge on any atom is 0.252 e. The Kier molecular flexibility index (Phi) is 13.0. The topological polar surface area (TPSA) is 16.3 Å². The van der Waals surface area contributed by atoms with Gasteiger partial charge in [0.2, 0.25) is 0 Å². The SMILES string of the molecule is c1ccc(-c2cccc(-c3ccccc3)c2N2c3cc(-n4c5ccccc5c5ccccc54)ccc3B3c4ccc(-n5c6ccccc6c6ccccc65)cc4N(c4c(-c5ccccc5)cccc4-c4ccccc4)c4cc(-c5ccc(-c6ccc7ccccc7c6)cc5)cc2c43)cc1. The number of fused-ring (bicyclic) bond motifs is 11. The molecule has 0 unspecified atom stereocenters. The maximum atomic E-state index is 2.68. The molecule has 0 atom stereocenters. The van der Waals surface area contributed by atoms with Crippen LogP contribution in [0.15, 0.2) is 370 Å². The number of anilines is 6. The second kappa shape index (κ2) is 22.9. The van der Waals surface area contributed by atoms with Gasteiger partial charge in [0.05, 0.1) is 33.4 Å². The summed E-state index contributed by atoms with van der Waals surface area (Å²) in [6, 6.07) is 138. The van der Waals surface area contributed by atoms with Gasteiger partial charge in [0.15, 0.2) is 0 Å². The Morgan fingerprint density at radius 3 is 0.929 bits per heavy atom. The van der Waals surface area contributed by atoms with Crippen molar-refractivity contribution in [2.24, 2.45) is 0 Å². The number of hydrogen-bond acceptors (Lipinski definition) is 2. The Morgan fingerprint density at radius 1 is 0.202 bits per heavy atom. The predicted octanol–water partition coefficient (Wildman–Crippen LogP) is 23.1. The van der Waals surface area contributed by atoms with Crippen LogP contribution in [-0.2, 0) is 0 Å². The van der Waals surface area contributed by atoms with Gasteiger partial charge < -0.3 is 18.9 Å². The molecule has 0 saturated heterocycles. The molecule has 0 bridgehead atoms. The molecule has 0 radical (unpaired) electrons. The van der Waals surface area contributed by atoms with E-state index in [1.54, 1.807) is 0 Å². The van der Waals surface area contributed by atoms with E-state index in [0.29, 0.717) is 0 Å². The molecule has 0 N–H and O–H groups in total. The number of nitrogens with zero attached hydrogens (tertiary/aromatic N) is 4. The van der Waals surface area contributed by atoms with Crippen molar-refractivity contribution < 1.29 is 0 Å². The number of benzene rings is 16. The Balaban J connectivity index is 0.948. The molecule has 5 heteroatoms. The van der Waals surface area contributed by atoms with Crippen molar-refractivity contribution in [2.75, 3.05) is 9.80 Å². The second-order valence-corrected chi connectivity index (χ2v) is 26.3. The molecule has 0 aliphatic carbocycles. The van der Waals surface area contributed by atoms with Crippen LogP contribution in [0.1, 0.15) is 0 Å². The summed E-state index contributed by atoms with van der Waals surface area (Å²) in [4.78, 5) is 5.35. The van der Waals surface area contributed by atoms with Gasteiger partial charge in [-0.15, -0.1) is 0 Å². The van der Waals surface area contributed by atoms with Crippen LogP contribution in [0.5, 0.6) is 0 Å². The minimum atomic E-state index is -0.246. The van der Waals surface area contributed by atoms with E-state index in [0.717, 1.165) is 123 Å². The molecule has 16 aromatic carbocycles. The normalized spacial score (nSPS) is 12.4. The smallest absolute Gasteiger partial charge is 0.252 e. The average molecular weight is 1260 g/mol. The molecule has 2 aromatic heterocycles. The van der Waals surface area contributed by atoms with Crippen LogP contribution in [0.4, 0.5) is 34.1 Å². The monoisotopic (exact) mass is 1260 g/mol. The molecule has 20 rings (SSSR count). The molecule has 4 nitrogen and oxygen atoms in total. The lowest BCUT2D eigenvalue weighted by Crippen LogP contribution is -2.61. The molecular weight excluding hydrogens is 1200 g/mol. The maximum absolute atomic E-state index is 2.68. The minimum absolute atomic E-state index is 0.246. The van der Waals surface area contributed by atoms with Crippen molar-refractivity contribution >= 4 is 112 Å². The van der Waals surface area contributed by atoms with Crippen molar-refractivity contribution in [1.82, 2.24) is 9.13 Å². The zero-order valence-electron chi connectivity index (χ0n) is 54.1. The lowest BCUT2D eigenvalue weighted by atomic mass is 9.33. The van der Waals surface area contributed by atoms with Gasteiger partial charge >= 0.3 is 0 Å². The van der Waals surface area contributed by atoms with Crippen LogP contribution in [0.3, 0.4) is 0 Å². The molecular formula is C94H61BN4. The van der Waals surface area contributed by atoms with E-state index in [1.165, 1.54) is 59.8 Å². The van der Waals surface area contributed by atoms with E-state index < -0.39 is 0 Å². The van der Waals surface area contributed by atoms with Crippen LogP contribution in [-0.4, -0.2) is 15.8 Å². The van der Waals surface area contributed by atoms with Crippen LogP contribution < -0.4 is 26.2 Å². The highest BCUT2D eigenvalue weighted by molar-refractivity contribution is 7.00. The molecule has 4 heterocycles. The average Bonchev–Trinajstić information content (AvgIpc) is 1.27. The van der Waals surface area contributed by atoms with Gasteiger partial charge in [-0.25, -0.2) is 0 Å². The summed E-state index contributed by atoms with van der Waals surface area (Å²) in [5.41, 5.74) is 30.8. The van der Waals surface area contributed by atoms with Gasteiger partial charge in [-0.3, -0.25) is 0 Å². The number of para-hydroxylation sites is 6. The Morgan fingerprint density at radius 2 is 0.535 bits per heavy atom. The molecule has 2 aliphatic heterocycles. The minimum Gasteiger partial charge on any atom is -0.310 e. The van der Waals surface area contributed by atoms with E-state index in [2.05, 4.69) is 389 Å². The zero-order chi connectivity index (χ0) is 65.1. The first-order chi connectivity index (χ1) is 49.1. The third kappa shape index (κ3) is 9.02. The predicted molar refractivity (Wildman–Crippen MR) is 419 cm³/mol. The fourth-order valence-electron chi connectivity index (χ4n) is 16.5. The molecule has 99 heavy (non-hydrogen) atoms. The molecule has 0 amide bonds. The highest BCUT2D eigenvalue weighted by Crippen LogP contribution is 2.54. The highest BCUT2D eigenvalue weighted by atomic mass is 15.2. The molecule has 460 valence electrons. The Bertz CT molecular complexity index is 5690. The lowest BCUT2D eigenvalue weighted by molar-refractivity contribution is 1.17. The fourth-order valence-corrected chi connectivity index (χ4v) is 16.5. The van der Waals surface area contributed by atoms with Gasteiger partial charge in [-0.1, -0.05) is 303 Å². The third-order valence-corrected chi connectivity index (χ3v) is 20.9. The molecule has 18 aromatic rings. The molecule has 2 aliphatic rings. The first kappa shape index (κ1) is 56.4. The first-order valence-electron chi connectivity index (χ1n) is 34.3. The van der Waals surface area contributed by atoms with Crippen LogP contribution in [0.2, 0.25) is 0 Å². The van der Waals surface area contributed by atoms with E-state index >= 15 is 0 Å². The molecule has 0 saturated carbocycles. The number of hydrogen-bond donors (Lipinski definition) is 0. The fraction of sp³-hybridized carbons (Fsp3) is 0. The van der Waals surface area contributed by atoms with Gasteiger partial charge in [0.25, 0.3) is 6.71 Å². The number of aromatic nitrogens is 2. The lowest BCUT2D eigenvalue weighted by Gasteiger charge is -2.46. The van der Waals surface area contributed by atoms with Crippen molar-refractivity contribution in [3.8, 4) is 78.1 Å². The Hall–Kier alpha value is -13.0. The zero-order valence-corrected chi connectivity index (χ0v) is 54.1. The highest BCUT2D eigenvalue weighted by Gasteiger charge is 2.46. The van der Waals surface area contributed by atoms with Crippen molar-refractivity contribution in [3.63, 3.8) is 0 Å². The van der Waals surface area contributed by atoms with Crippen molar-refractivity contribution in [1.29, 1.82) is 0 Å². The van der Waals surface area contributed by atoms with Crippen LogP contribution >= 0.6 is 0 Å². The quantitative estimate of drug-likeness (QED) is 0.127. The van der Waals surface area contributed by atoms with Gasteiger partial charge in [-0.05, 0) is 138 Å². The third-order valence-electron chi connectivity index (χ3n) is 20.9. The molecule has 0 spiro atoms. The summed E-state index contributed by atoms with van der Waals surface area (Å²) >= 11 is 0. The summed E-state index contributed by atoms with van der Waals surface area (Å²) in [7, 11) is 0.